The summed E-state index contributed by atoms with van der Waals surface area (Å²) in [5.41, 5.74) is 3.88. The normalized spacial score (nSPS) is 13.3. The van der Waals surface area contributed by atoms with Crippen molar-refractivity contribution in [3.63, 3.8) is 0 Å². The zero-order chi connectivity index (χ0) is 14.3. The van der Waals surface area contributed by atoms with Crippen LogP contribution in [-0.4, -0.2) is 19.3 Å². The molecule has 0 aliphatic carbocycles. The van der Waals surface area contributed by atoms with Gasteiger partial charge in [0.05, 0.1) is 12.2 Å². The van der Waals surface area contributed by atoms with Gasteiger partial charge in [0.15, 0.2) is 0 Å². The Bertz CT molecular complexity index is 380. The highest BCUT2D eigenvalue weighted by Crippen LogP contribution is 2.26. The number of hydrogen-bond acceptors (Lipinski definition) is 4. The van der Waals surface area contributed by atoms with E-state index in [1.54, 1.807) is 7.11 Å². The third-order valence-electron chi connectivity index (χ3n) is 3.36. The van der Waals surface area contributed by atoms with Crippen molar-refractivity contribution < 1.29 is 9.47 Å². The van der Waals surface area contributed by atoms with Gasteiger partial charge < -0.3 is 9.47 Å². The lowest BCUT2D eigenvalue weighted by molar-refractivity contribution is 0.0117. The van der Waals surface area contributed by atoms with E-state index in [0.717, 1.165) is 24.2 Å². The van der Waals surface area contributed by atoms with Crippen molar-refractivity contribution in [3.8, 4) is 5.75 Å². The van der Waals surface area contributed by atoms with E-state index < -0.39 is 0 Å². The molecule has 0 saturated carbocycles. The first kappa shape index (κ1) is 16.0. The molecule has 1 aromatic rings. The maximum atomic E-state index is 5.67. The monoisotopic (exact) mass is 266 g/mol. The Morgan fingerprint density at radius 3 is 2.68 bits per heavy atom. The molecule has 1 rings (SSSR count). The van der Waals surface area contributed by atoms with Crippen LogP contribution in [0.2, 0.25) is 0 Å². The van der Waals surface area contributed by atoms with Crippen LogP contribution in [0.25, 0.3) is 0 Å². The van der Waals surface area contributed by atoms with Crippen LogP contribution in [0, 0.1) is 0 Å². The highest BCUT2D eigenvalue weighted by atomic mass is 16.5. The third kappa shape index (κ3) is 5.19. The lowest BCUT2D eigenvalue weighted by atomic mass is 9.95. The Balaban J connectivity index is 2.71. The Labute approximate surface area is 116 Å². The molecule has 0 aliphatic rings. The van der Waals surface area contributed by atoms with Gasteiger partial charge >= 0.3 is 0 Å². The van der Waals surface area contributed by atoms with Crippen molar-refractivity contribution in [3.05, 3.63) is 29.8 Å². The predicted octanol–water partition coefficient (Wildman–Crippen LogP) is 2.79. The molecule has 0 bridgehead atoms. The van der Waals surface area contributed by atoms with E-state index in [0.29, 0.717) is 6.61 Å². The quantitative estimate of drug-likeness (QED) is 0.561. The van der Waals surface area contributed by atoms with E-state index in [-0.39, 0.29) is 11.6 Å². The molecule has 3 N–H and O–H groups in total. The first-order chi connectivity index (χ1) is 9.02. The molecular formula is C15H26N2O2. The lowest BCUT2D eigenvalue weighted by Crippen LogP contribution is -2.31. The summed E-state index contributed by atoms with van der Waals surface area (Å²) in [5, 5.41) is 0. The highest BCUT2D eigenvalue weighted by Gasteiger charge is 2.19. The molecule has 4 heteroatoms. The van der Waals surface area contributed by atoms with E-state index in [2.05, 4.69) is 25.3 Å². The van der Waals surface area contributed by atoms with Crippen LogP contribution in [0.15, 0.2) is 24.3 Å². The molecule has 4 nitrogen and oxygen atoms in total. The van der Waals surface area contributed by atoms with Gasteiger partial charge in [0.2, 0.25) is 0 Å². The number of hydrazine groups is 1. The minimum absolute atomic E-state index is 0.106. The van der Waals surface area contributed by atoms with Crippen LogP contribution in [-0.2, 0) is 4.74 Å². The summed E-state index contributed by atoms with van der Waals surface area (Å²) in [4.78, 5) is 0. The molecule has 1 aromatic carbocycles. The molecule has 108 valence electrons. The van der Waals surface area contributed by atoms with Crippen LogP contribution in [0.3, 0.4) is 0 Å². The van der Waals surface area contributed by atoms with Gasteiger partial charge in [-0.15, -0.1) is 0 Å². The van der Waals surface area contributed by atoms with Gasteiger partial charge in [-0.2, -0.15) is 0 Å². The Hall–Kier alpha value is -1.10. The summed E-state index contributed by atoms with van der Waals surface area (Å²) in [6.45, 7) is 6.81. The average Bonchev–Trinajstić information content (AvgIpc) is 2.40. The van der Waals surface area contributed by atoms with Gasteiger partial charge in [-0.05, 0) is 51.3 Å². The van der Waals surface area contributed by atoms with Gasteiger partial charge in [-0.25, -0.2) is 0 Å². The van der Waals surface area contributed by atoms with Crippen LogP contribution in [0.1, 0.15) is 45.2 Å². The predicted molar refractivity (Wildman–Crippen MR) is 78.0 cm³/mol. The summed E-state index contributed by atoms with van der Waals surface area (Å²) in [5.74, 6) is 6.55. The molecule has 0 amide bonds. The van der Waals surface area contributed by atoms with Crippen LogP contribution < -0.4 is 16.0 Å². The fourth-order valence-corrected chi connectivity index (χ4v) is 1.93. The van der Waals surface area contributed by atoms with Gasteiger partial charge in [-0.3, -0.25) is 11.3 Å². The number of nitrogens with one attached hydrogen (secondary N) is 1. The van der Waals surface area contributed by atoms with Crippen LogP contribution in [0.5, 0.6) is 5.75 Å². The summed E-state index contributed by atoms with van der Waals surface area (Å²) < 4.78 is 11.0. The third-order valence-corrected chi connectivity index (χ3v) is 3.36. The molecule has 0 saturated heterocycles. The second-order valence-electron chi connectivity index (χ2n) is 5.23. The van der Waals surface area contributed by atoms with E-state index in [9.17, 15) is 0 Å². The maximum Gasteiger partial charge on any atom is 0.119 e. The van der Waals surface area contributed by atoms with Crippen LogP contribution >= 0.6 is 0 Å². The molecule has 0 aliphatic heterocycles. The first-order valence-electron chi connectivity index (χ1n) is 6.76. The minimum atomic E-state index is -0.132. The van der Waals surface area contributed by atoms with Crippen molar-refractivity contribution in [2.24, 2.45) is 5.84 Å². The van der Waals surface area contributed by atoms with Gasteiger partial charge in [0.1, 0.15) is 5.75 Å². The number of hydrogen-bond donors (Lipinski definition) is 2. The van der Waals surface area contributed by atoms with Gasteiger partial charge in [-0.1, -0.05) is 12.1 Å². The number of ether oxygens (including phenoxy) is 2. The zero-order valence-electron chi connectivity index (χ0n) is 12.4. The lowest BCUT2D eigenvalue weighted by Gasteiger charge is -2.26. The van der Waals surface area contributed by atoms with Crippen molar-refractivity contribution in [2.45, 2.75) is 45.3 Å². The van der Waals surface area contributed by atoms with Crippen molar-refractivity contribution in [1.29, 1.82) is 0 Å². The summed E-state index contributed by atoms with van der Waals surface area (Å²) >= 11 is 0. The molecule has 1 atom stereocenters. The minimum Gasteiger partial charge on any atom is -0.494 e. The van der Waals surface area contributed by atoms with Gasteiger partial charge in [0.25, 0.3) is 0 Å². The van der Waals surface area contributed by atoms with E-state index in [4.69, 9.17) is 15.3 Å². The van der Waals surface area contributed by atoms with Crippen molar-refractivity contribution in [2.75, 3.05) is 13.7 Å². The molecule has 0 heterocycles. The summed E-state index contributed by atoms with van der Waals surface area (Å²) in [6.07, 6.45) is 1.84. The Morgan fingerprint density at radius 1 is 1.37 bits per heavy atom. The molecule has 0 fully saturated rings. The van der Waals surface area contributed by atoms with Crippen molar-refractivity contribution in [1.82, 2.24) is 5.43 Å². The number of rotatable bonds is 8. The van der Waals surface area contributed by atoms with Crippen LogP contribution in [0.4, 0.5) is 0 Å². The molecule has 1 unspecified atom stereocenters. The number of benzene rings is 1. The van der Waals surface area contributed by atoms with E-state index >= 15 is 0 Å². The molecule has 19 heavy (non-hydrogen) atoms. The van der Waals surface area contributed by atoms with Crippen molar-refractivity contribution >= 4 is 0 Å². The average molecular weight is 266 g/mol. The highest BCUT2D eigenvalue weighted by molar-refractivity contribution is 5.30. The molecule has 0 aromatic heterocycles. The molecule has 0 radical (unpaired) electrons. The number of nitrogens with two attached hydrogens (primary N) is 1. The largest absolute Gasteiger partial charge is 0.494 e. The summed E-state index contributed by atoms with van der Waals surface area (Å²) in [7, 11) is 1.74. The molecule has 0 spiro atoms. The maximum absolute atomic E-state index is 5.67. The van der Waals surface area contributed by atoms with E-state index in [1.807, 2.05) is 25.1 Å². The standard InChI is InChI=1S/C15H26N2O2/c1-5-19-13-8-6-7-12(11-13)14(17-16)9-10-15(2,3)18-4/h6-8,11,14,17H,5,9-10,16H2,1-4H3. The Morgan fingerprint density at radius 2 is 2.11 bits per heavy atom. The van der Waals surface area contributed by atoms with E-state index in [1.165, 1.54) is 0 Å². The Kier molecular flexibility index (Phi) is 6.28. The second kappa shape index (κ2) is 7.48. The second-order valence-corrected chi connectivity index (χ2v) is 5.23. The molecular weight excluding hydrogens is 240 g/mol. The zero-order valence-corrected chi connectivity index (χ0v) is 12.4. The smallest absolute Gasteiger partial charge is 0.119 e. The SMILES string of the molecule is CCOc1cccc(C(CCC(C)(C)OC)NN)c1. The topological polar surface area (TPSA) is 56.5 Å². The first-order valence-corrected chi connectivity index (χ1v) is 6.76. The fourth-order valence-electron chi connectivity index (χ4n) is 1.93. The summed E-state index contributed by atoms with van der Waals surface area (Å²) in [6, 6.07) is 8.15. The number of methoxy groups -OCH3 is 1. The fraction of sp³-hybridized carbons (Fsp3) is 0.600. The van der Waals surface area contributed by atoms with Gasteiger partial charge in [0, 0.05) is 13.2 Å².